The first-order chi connectivity index (χ1) is 12.8. The fourth-order valence-electron chi connectivity index (χ4n) is 3.35. The minimum absolute atomic E-state index is 0.136. The van der Waals surface area contributed by atoms with E-state index in [0.717, 1.165) is 29.0 Å². The number of rotatable bonds is 2. The number of fused-ring (bicyclic) bond motifs is 2. The van der Waals surface area contributed by atoms with Gasteiger partial charge >= 0.3 is 0 Å². The third kappa shape index (κ3) is 3.22. The molecule has 0 spiro atoms. The van der Waals surface area contributed by atoms with Crippen molar-refractivity contribution in [2.24, 2.45) is 0 Å². The lowest BCUT2D eigenvalue weighted by Crippen LogP contribution is -2.37. The highest BCUT2D eigenvalue weighted by Gasteiger charge is 2.33. The molecule has 6 heteroatoms. The summed E-state index contributed by atoms with van der Waals surface area (Å²) in [5.41, 5.74) is 3.20. The molecule has 2 heterocycles. The van der Waals surface area contributed by atoms with Crippen LogP contribution in [0.25, 0.3) is 6.08 Å². The summed E-state index contributed by atoms with van der Waals surface area (Å²) < 4.78 is 11.9. The molecular weight excluding hydrogens is 385 g/mol. The molecule has 27 heavy (non-hydrogen) atoms. The third-order valence-electron chi connectivity index (χ3n) is 4.94. The third-order valence-corrected chi connectivity index (χ3v) is 5.68. The standard InChI is InChI=1S/C21H19Cl2NO3/c1-11(2)24-9-14-8-15-19(25)18(7-13-4-5-16(22)17(23)6-13)27-21(15)12(3)20(14)26-10-24/h4-8,11H,9-10H2,1-3H3/b18-7-. The van der Waals surface area contributed by atoms with E-state index in [2.05, 4.69) is 18.7 Å². The maximum absolute atomic E-state index is 12.9. The van der Waals surface area contributed by atoms with Crippen molar-refractivity contribution in [1.29, 1.82) is 0 Å². The number of benzene rings is 2. The summed E-state index contributed by atoms with van der Waals surface area (Å²) in [5, 5.41) is 0.902. The first-order valence-electron chi connectivity index (χ1n) is 8.77. The van der Waals surface area contributed by atoms with Crippen molar-refractivity contribution in [3.05, 3.63) is 62.3 Å². The van der Waals surface area contributed by atoms with E-state index in [1.165, 1.54) is 0 Å². The highest BCUT2D eigenvalue weighted by Crippen LogP contribution is 2.43. The number of nitrogens with zero attached hydrogens (tertiary/aromatic N) is 1. The van der Waals surface area contributed by atoms with Gasteiger partial charge in [-0.3, -0.25) is 9.69 Å². The maximum Gasteiger partial charge on any atom is 0.231 e. The minimum Gasteiger partial charge on any atom is -0.477 e. The number of Topliss-reactive ketones (excluding diaryl/α,β-unsaturated/α-hetero) is 1. The Hall–Kier alpha value is -2.01. The van der Waals surface area contributed by atoms with E-state index in [1.54, 1.807) is 24.3 Å². The Morgan fingerprint density at radius 1 is 1.15 bits per heavy atom. The molecule has 0 N–H and O–H groups in total. The van der Waals surface area contributed by atoms with Crippen LogP contribution in [0.2, 0.25) is 10.0 Å². The second kappa shape index (κ2) is 6.86. The highest BCUT2D eigenvalue weighted by molar-refractivity contribution is 6.42. The molecule has 4 nitrogen and oxygen atoms in total. The lowest BCUT2D eigenvalue weighted by atomic mass is 9.99. The molecule has 0 aliphatic carbocycles. The second-order valence-corrected chi connectivity index (χ2v) is 7.91. The highest BCUT2D eigenvalue weighted by atomic mass is 35.5. The number of carbonyl (C=O) groups excluding carboxylic acids is 1. The van der Waals surface area contributed by atoms with Crippen LogP contribution in [0.3, 0.4) is 0 Å². The van der Waals surface area contributed by atoms with Crippen molar-refractivity contribution in [2.45, 2.75) is 33.4 Å². The molecule has 0 bridgehead atoms. The number of hydrogen-bond acceptors (Lipinski definition) is 4. The van der Waals surface area contributed by atoms with Gasteiger partial charge in [0.1, 0.15) is 18.2 Å². The smallest absolute Gasteiger partial charge is 0.231 e. The topological polar surface area (TPSA) is 38.8 Å². The molecular formula is C21H19Cl2NO3. The summed E-state index contributed by atoms with van der Waals surface area (Å²) in [6, 6.07) is 7.45. The molecule has 0 amide bonds. The van der Waals surface area contributed by atoms with Gasteiger partial charge in [0.2, 0.25) is 5.78 Å². The van der Waals surface area contributed by atoms with Gasteiger partial charge < -0.3 is 9.47 Å². The first-order valence-corrected chi connectivity index (χ1v) is 9.53. The lowest BCUT2D eigenvalue weighted by molar-refractivity contribution is 0.0678. The number of hydrogen-bond donors (Lipinski definition) is 0. The van der Waals surface area contributed by atoms with Crippen LogP contribution >= 0.6 is 23.2 Å². The second-order valence-electron chi connectivity index (χ2n) is 7.09. The SMILES string of the molecule is Cc1c2c(cc3c1O/C(=C\c1ccc(Cl)c(Cl)c1)C3=O)CN(C(C)C)CO2. The Bertz CT molecular complexity index is 982. The lowest BCUT2D eigenvalue weighted by Gasteiger charge is -2.32. The molecule has 0 radical (unpaired) electrons. The Kier molecular flexibility index (Phi) is 4.66. The Morgan fingerprint density at radius 3 is 2.63 bits per heavy atom. The summed E-state index contributed by atoms with van der Waals surface area (Å²) in [4.78, 5) is 15.1. The fraction of sp³-hybridized carbons (Fsp3) is 0.286. The molecule has 0 saturated carbocycles. The monoisotopic (exact) mass is 403 g/mol. The first kappa shape index (κ1) is 18.4. The number of halogens is 2. The van der Waals surface area contributed by atoms with Crippen LogP contribution in [0.4, 0.5) is 0 Å². The van der Waals surface area contributed by atoms with Crippen molar-refractivity contribution in [3.8, 4) is 11.5 Å². The zero-order valence-electron chi connectivity index (χ0n) is 15.3. The molecule has 0 aromatic heterocycles. The molecule has 0 fully saturated rings. The molecule has 2 aliphatic rings. The molecule has 2 aromatic rings. The van der Waals surface area contributed by atoms with Gasteiger partial charge in [-0.15, -0.1) is 0 Å². The van der Waals surface area contributed by atoms with E-state index in [-0.39, 0.29) is 11.5 Å². The van der Waals surface area contributed by atoms with Gasteiger partial charge in [-0.05, 0) is 50.6 Å². The van der Waals surface area contributed by atoms with E-state index >= 15 is 0 Å². The largest absolute Gasteiger partial charge is 0.477 e. The zero-order valence-corrected chi connectivity index (χ0v) is 16.8. The number of ketones is 1. The summed E-state index contributed by atoms with van der Waals surface area (Å²) >= 11 is 12.0. The van der Waals surface area contributed by atoms with Crippen LogP contribution in [0.1, 0.15) is 40.9 Å². The number of allylic oxidation sites excluding steroid dienone is 1. The summed E-state index contributed by atoms with van der Waals surface area (Å²) in [6.07, 6.45) is 1.68. The number of ether oxygens (including phenoxy) is 2. The van der Waals surface area contributed by atoms with E-state index in [1.807, 2.05) is 13.0 Å². The molecule has 0 saturated heterocycles. The summed E-state index contributed by atoms with van der Waals surface area (Å²) in [5.74, 6) is 1.52. The fourth-order valence-corrected chi connectivity index (χ4v) is 3.66. The van der Waals surface area contributed by atoms with E-state index in [4.69, 9.17) is 32.7 Å². The quantitative estimate of drug-likeness (QED) is 0.622. The maximum atomic E-state index is 12.9. The average Bonchev–Trinajstić information content (AvgIpc) is 2.94. The molecule has 4 rings (SSSR count). The normalized spacial score (nSPS) is 17.7. The van der Waals surface area contributed by atoms with Gasteiger partial charge in [0.15, 0.2) is 5.76 Å². The molecule has 140 valence electrons. The van der Waals surface area contributed by atoms with Gasteiger partial charge in [0, 0.05) is 23.7 Å². The van der Waals surface area contributed by atoms with Crippen molar-refractivity contribution in [2.75, 3.05) is 6.73 Å². The van der Waals surface area contributed by atoms with Gasteiger partial charge in [-0.25, -0.2) is 0 Å². The molecule has 2 aromatic carbocycles. The minimum atomic E-state index is -0.136. The van der Waals surface area contributed by atoms with Crippen LogP contribution in [0.5, 0.6) is 11.5 Å². The van der Waals surface area contributed by atoms with Crippen LogP contribution in [0, 0.1) is 6.92 Å². The van der Waals surface area contributed by atoms with Crippen LogP contribution in [0.15, 0.2) is 30.0 Å². The Balaban J connectivity index is 1.71. The predicted molar refractivity (Wildman–Crippen MR) is 107 cm³/mol. The van der Waals surface area contributed by atoms with Gasteiger partial charge in [-0.2, -0.15) is 0 Å². The molecule has 2 aliphatic heterocycles. The van der Waals surface area contributed by atoms with Crippen molar-refractivity contribution >= 4 is 35.1 Å². The Labute approximate surface area is 168 Å². The van der Waals surface area contributed by atoms with E-state index < -0.39 is 0 Å². The summed E-state index contributed by atoms with van der Waals surface area (Å²) in [7, 11) is 0. The van der Waals surface area contributed by atoms with Gasteiger partial charge in [0.05, 0.1) is 15.6 Å². The number of carbonyl (C=O) groups is 1. The van der Waals surface area contributed by atoms with Gasteiger partial charge in [0.25, 0.3) is 0 Å². The van der Waals surface area contributed by atoms with Crippen LogP contribution in [-0.4, -0.2) is 23.5 Å². The predicted octanol–water partition coefficient (Wildman–Crippen LogP) is 5.48. The summed E-state index contributed by atoms with van der Waals surface area (Å²) in [6.45, 7) is 7.46. The van der Waals surface area contributed by atoms with Crippen LogP contribution < -0.4 is 9.47 Å². The van der Waals surface area contributed by atoms with E-state index in [9.17, 15) is 4.79 Å². The average molecular weight is 404 g/mol. The molecule has 0 atom stereocenters. The Morgan fingerprint density at radius 2 is 1.93 bits per heavy atom. The van der Waals surface area contributed by atoms with Crippen molar-refractivity contribution < 1.29 is 14.3 Å². The van der Waals surface area contributed by atoms with Crippen molar-refractivity contribution in [1.82, 2.24) is 4.90 Å². The zero-order chi connectivity index (χ0) is 19.3. The molecule has 0 unspecified atom stereocenters. The van der Waals surface area contributed by atoms with E-state index in [0.29, 0.717) is 34.1 Å². The van der Waals surface area contributed by atoms with Crippen molar-refractivity contribution in [3.63, 3.8) is 0 Å². The van der Waals surface area contributed by atoms with Crippen LogP contribution in [-0.2, 0) is 6.54 Å². The van der Waals surface area contributed by atoms with Gasteiger partial charge in [-0.1, -0.05) is 29.3 Å².